The Morgan fingerprint density at radius 2 is 1.68 bits per heavy atom. The maximum atomic E-state index is 12.9. The summed E-state index contributed by atoms with van der Waals surface area (Å²) in [5.74, 6) is -0.445. The van der Waals surface area contributed by atoms with E-state index in [0.29, 0.717) is 22.3 Å². The van der Waals surface area contributed by atoms with Crippen LogP contribution in [0.15, 0.2) is 77.7 Å². The number of fused-ring (bicyclic) bond motifs is 2. The van der Waals surface area contributed by atoms with Crippen LogP contribution in [0.1, 0.15) is 10.4 Å². The lowest BCUT2D eigenvalue weighted by Gasteiger charge is -2.12. The number of nitrogens with one attached hydrogen (secondary N) is 2. The highest BCUT2D eigenvalue weighted by molar-refractivity contribution is 6.40. The zero-order chi connectivity index (χ0) is 21.5. The van der Waals surface area contributed by atoms with Crippen LogP contribution in [0.5, 0.6) is 0 Å². The largest absolute Gasteiger partial charge is 0.331 e. The van der Waals surface area contributed by atoms with Crippen molar-refractivity contribution in [2.24, 2.45) is 0 Å². The lowest BCUT2D eigenvalue weighted by Crippen LogP contribution is -2.16. The molecule has 3 aromatic carbocycles. The Hall–Kier alpha value is -3.61. The third-order valence-corrected chi connectivity index (χ3v) is 5.65. The van der Waals surface area contributed by atoms with Crippen LogP contribution in [0.25, 0.3) is 27.6 Å². The molecule has 8 heteroatoms. The molecule has 0 fully saturated rings. The van der Waals surface area contributed by atoms with E-state index in [1.54, 1.807) is 47.2 Å². The van der Waals surface area contributed by atoms with E-state index in [9.17, 15) is 9.59 Å². The van der Waals surface area contributed by atoms with Crippen molar-refractivity contribution in [1.82, 2.24) is 14.5 Å². The summed E-state index contributed by atoms with van der Waals surface area (Å²) in [6.07, 6.45) is 1.60. The fourth-order valence-corrected chi connectivity index (χ4v) is 4.22. The fourth-order valence-electron chi connectivity index (χ4n) is 3.65. The molecule has 0 aliphatic rings. The number of carbonyl (C=O) groups excluding carboxylic acids is 1. The number of carbonyl (C=O) groups is 1. The van der Waals surface area contributed by atoms with E-state index in [1.165, 1.54) is 0 Å². The van der Waals surface area contributed by atoms with E-state index in [4.69, 9.17) is 23.2 Å². The van der Waals surface area contributed by atoms with E-state index in [0.717, 1.165) is 11.0 Å². The molecule has 0 radical (unpaired) electrons. The van der Waals surface area contributed by atoms with E-state index in [1.807, 2.05) is 30.3 Å². The Morgan fingerprint density at radius 1 is 0.935 bits per heavy atom. The molecule has 5 rings (SSSR count). The standard InChI is InChI=1S/C23H14Cl2N4O2/c24-14-6-4-7-15(25)20(14)22(30)27-17-9-3-5-13-18(11-12-26-21(13)17)29-19-10-2-1-8-16(19)28-23(29)31/h1-12H,(H,27,30)(H,28,31). The highest BCUT2D eigenvalue weighted by atomic mass is 35.5. The summed E-state index contributed by atoms with van der Waals surface area (Å²) in [6, 6.07) is 19.5. The Labute approximate surface area is 186 Å². The van der Waals surface area contributed by atoms with Gasteiger partial charge >= 0.3 is 5.69 Å². The van der Waals surface area contributed by atoms with Gasteiger partial charge in [0.25, 0.3) is 5.91 Å². The molecule has 31 heavy (non-hydrogen) atoms. The third-order valence-electron chi connectivity index (χ3n) is 5.02. The van der Waals surface area contributed by atoms with Gasteiger partial charge in [0, 0.05) is 11.6 Å². The van der Waals surface area contributed by atoms with Crippen LogP contribution in [0, 0.1) is 0 Å². The summed E-state index contributed by atoms with van der Waals surface area (Å²) in [4.78, 5) is 32.9. The summed E-state index contributed by atoms with van der Waals surface area (Å²) < 4.78 is 1.59. The lowest BCUT2D eigenvalue weighted by molar-refractivity contribution is 0.102. The highest BCUT2D eigenvalue weighted by Gasteiger charge is 2.17. The summed E-state index contributed by atoms with van der Waals surface area (Å²) in [5.41, 5.74) is 3.08. The van der Waals surface area contributed by atoms with Crippen molar-refractivity contribution in [2.45, 2.75) is 0 Å². The van der Waals surface area contributed by atoms with E-state index in [2.05, 4.69) is 15.3 Å². The van der Waals surface area contributed by atoms with Crippen molar-refractivity contribution in [3.05, 3.63) is 99.0 Å². The molecule has 0 unspecified atom stereocenters. The van der Waals surface area contributed by atoms with Crippen molar-refractivity contribution in [3.8, 4) is 5.69 Å². The van der Waals surface area contributed by atoms with Gasteiger partial charge in [0.05, 0.1) is 43.5 Å². The van der Waals surface area contributed by atoms with E-state index >= 15 is 0 Å². The van der Waals surface area contributed by atoms with Gasteiger partial charge in [0.2, 0.25) is 0 Å². The number of anilines is 1. The molecular weight excluding hydrogens is 435 g/mol. The quantitative estimate of drug-likeness (QED) is 0.386. The first kappa shape index (κ1) is 19.4. The molecule has 2 heterocycles. The molecule has 1 amide bonds. The second kappa shape index (κ2) is 7.58. The van der Waals surface area contributed by atoms with Crippen molar-refractivity contribution in [1.29, 1.82) is 0 Å². The van der Waals surface area contributed by atoms with Gasteiger partial charge in [0.1, 0.15) is 0 Å². The number of rotatable bonds is 3. The number of nitrogens with zero attached hydrogens (tertiary/aromatic N) is 2. The van der Waals surface area contributed by atoms with Gasteiger partial charge in [0.15, 0.2) is 0 Å². The number of imidazole rings is 1. The Morgan fingerprint density at radius 3 is 2.48 bits per heavy atom. The van der Waals surface area contributed by atoms with Crippen LogP contribution in [0.4, 0.5) is 5.69 Å². The molecule has 0 spiro atoms. The zero-order valence-corrected chi connectivity index (χ0v) is 17.4. The molecule has 0 bridgehead atoms. The number of pyridine rings is 1. The topological polar surface area (TPSA) is 79.8 Å². The summed E-state index contributed by atoms with van der Waals surface area (Å²) in [6.45, 7) is 0. The summed E-state index contributed by atoms with van der Waals surface area (Å²) in [7, 11) is 0. The van der Waals surface area contributed by atoms with Crippen LogP contribution < -0.4 is 11.0 Å². The number of hydrogen-bond acceptors (Lipinski definition) is 3. The van der Waals surface area contributed by atoms with Gasteiger partial charge in [-0.3, -0.25) is 14.3 Å². The SMILES string of the molecule is O=C(Nc1cccc2c(-n3c(=O)[nH]c4ccccc43)ccnc12)c1c(Cl)cccc1Cl. The van der Waals surface area contributed by atoms with Gasteiger partial charge in [-0.1, -0.05) is 53.5 Å². The van der Waals surface area contributed by atoms with Crippen LogP contribution in [-0.2, 0) is 0 Å². The molecule has 152 valence electrons. The first-order valence-electron chi connectivity index (χ1n) is 9.38. The second-order valence-electron chi connectivity index (χ2n) is 6.87. The van der Waals surface area contributed by atoms with E-state index in [-0.39, 0.29) is 21.3 Å². The predicted molar refractivity (Wildman–Crippen MR) is 124 cm³/mol. The van der Waals surface area contributed by atoms with Crippen molar-refractivity contribution in [3.63, 3.8) is 0 Å². The number of aromatic amines is 1. The van der Waals surface area contributed by atoms with Crippen molar-refractivity contribution in [2.75, 3.05) is 5.32 Å². The number of hydrogen-bond donors (Lipinski definition) is 2. The van der Waals surface area contributed by atoms with Gasteiger partial charge in [-0.05, 0) is 36.4 Å². The minimum Gasteiger partial charge on any atom is -0.320 e. The average molecular weight is 449 g/mol. The molecule has 2 aromatic heterocycles. The molecule has 5 aromatic rings. The molecule has 0 aliphatic heterocycles. The van der Waals surface area contributed by atoms with Crippen LogP contribution >= 0.6 is 23.2 Å². The molecule has 6 nitrogen and oxygen atoms in total. The molecule has 0 saturated heterocycles. The van der Waals surface area contributed by atoms with Crippen LogP contribution in [0.2, 0.25) is 10.0 Å². The van der Waals surface area contributed by atoms with Gasteiger partial charge in [-0.25, -0.2) is 4.79 Å². The molecule has 0 saturated carbocycles. The normalized spacial score (nSPS) is 11.2. The Balaban J connectivity index is 1.66. The van der Waals surface area contributed by atoms with Gasteiger partial charge < -0.3 is 10.3 Å². The lowest BCUT2D eigenvalue weighted by atomic mass is 10.1. The summed E-state index contributed by atoms with van der Waals surface area (Å²) in [5, 5.41) is 4.06. The first-order valence-corrected chi connectivity index (χ1v) is 10.1. The zero-order valence-electron chi connectivity index (χ0n) is 15.9. The highest BCUT2D eigenvalue weighted by Crippen LogP contribution is 2.30. The minimum atomic E-state index is -0.445. The van der Waals surface area contributed by atoms with E-state index < -0.39 is 5.91 Å². The van der Waals surface area contributed by atoms with Gasteiger partial charge in [-0.15, -0.1) is 0 Å². The Kier molecular flexibility index (Phi) is 4.73. The van der Waals surface area contributed by atoms with Gasteiger partial charge in [-0.2, -0.15) is 0 Å². The fraction of sp³-hybridized carbons (Fsp3) is 0. The van der Waals surface area contributed by atoms with Crippen LogP contribution in [-0.4, -0.2) is 20.4 Å². The smallest absolute Gasteiger partial charge is 0.320 e. The van der Waals surface area contributed by atoms with Crippen LogP contribution in [0.3, 0.4) is 0 Å². The van der Waals surface area contributed by atoms with Crippen molar-refractivity contribution >= 4 is 56.7 Å². The average Bonchev–Trinajstić information content (AvgIpc) is 3.09. The number of para-hydroxylation sites is 3. The van der Waals surface area contributed by atoms with Crippen molar-refractivity contribution < 1.29 is 4.79 Å². The second-order valence-corrected chi connectivity index (χ2v) is 7.68. The Bertz CT molecular complexity index is 1520. The number of amides is 1. The maximum absolute atomic E-state index is 12.9. The third kappa shape index (κ3) is 3.26. The molecule has 2 N–H and O–H groups in total. The number of halogens is 2. The minimum absolute atomic E-state index is 0.187. The number of benzene rings is 3. The number of H-pyrrole nitrogens is 1. The molecular formula is C23H14Cl2N4O2. The molecule has 0 aliphatic carbocycles. The molecule has 0 atom stereocenters. The monoisotopic (exact) mass is 448 g/mol. The maximum Gasteiger partial charge on any atom is 0.331 e. The first-order chi connectivity index (χ1) is 15.0. The number of aromatic nitrogens is 3. The predicted octanol–water partition coefficient (Wildman–Crippen LogP) is 5.43. The summed E-state index contributed by atoms with van der Waals surface area (Å²) >= 11 is 12.3.